The summed E-state index contributed by atoms with van der Waals surface area (Å²) >= 11 is 1.21. The lowest BCUT2D eigenvalue weighted by molar-refractivity contribution is -0.107. The molecule has 148 valence electrons. The molecule has 0 aliphatic carbocycles. The second-order valence-electron chi connectivity index (χ2n) is 6.41. The Morgan fingerprint density at radius 2 is 1.74 bits per heavy atom. The summed E-state index contributed by atoms with van der Waals surface area (Å²) in [6.07, 6.45) is -4.14. The molecule has 0 bridgehead atoms. The van der Waals surface area contributed by atoms with Gasteiger partial charge in [0, 0.05) is 44.1 Å². The normalized spacial score (nSPS) is 16.7. The average Bonchev–Trinajstić information content (AvgIpc) is 3.03. The molecule has 0 spiro atoms. The number of aryl methyl sites for hydroxylation is 1. The maximum absolute atomic E-state index is 12.4. The second kappa shape index (κ2) is 7.72. The summed E-state index contributed by atoms with van der Waals surface area (Å²) in [5.41, 5.74) is 2.26. The monoisotopic (exact) mass is 420 g/mol. The molecular weight excluding hydrogens is 401 g/mol. The van der Waals surface area contributed by atoms with Gasteiger partial charge in [-0.2, -0.15) is 21.9 Å². The third-order valence-corrected chi connectivity index (χ3v) is 6.85. The summed E-state index contributed by atoms with van der Waals surface area (Å²) in [7, 11) is -4.34. The van der Waals surface area contributed by atoms with Gasteiger partial charge >= 0.3 is 6.18 Å². The fraction of sp³-hybridized carbons (Fsp3) is 0.500. The number of alkyl halides is 3. The van der Waals surface area contributed by atoms with Crippen molar-refractivity contribution in [1.82, 2.24) is 13.7 Å². The molecule has 2 heterocycles. The van der Waals surface area contributed by atoms with Crippen molar-refractivity contribution in [3.05, 3.63) is 41.2 Å². The molecule has 0 atom stereocenters. The van der Waals surface area contributed by atoms with Gasteiger partial charge in [-0.1, -0.05) is 29.8 Å². The lowest BCUT2D eigenvalue weighted by Gasteiger charge is -2.33. The first-order valence-corrected chi connectivity index (χ1v) is 10.7. The van der Waals surface area contributed by atoms with Gasteiger partial charge in [-0.15, -0.1) is 0 Å². The number of benzene rings is 1. The van der Waals surface area contributed by atoms with Crippen LogP contribution in [0.4, 0.5) is 18.3 Å². The topological polar surface area (TPSA) is 66.4 Å². The van der Waals surface area contributed by atoms with Gasteiger partial charge in [-0.05, 0) is 12.5 Å². The van der Waals surface area contributed by atoms with E-state index in [0.29, 0.717) is 17.4 Å². The predicted molar refractivity (Wildman–Crippen MR) is 97.5 cm³/mol. The Morgan fingerprint density at radius 1 is 1.11 bits per heavy atom. The molecule has 0 saturated carbocycles. The van der Waals surface area contributed by atoms with Gasteiger partial charge in [0.25, 0.3) is 0 Å². The molecule has 1 fully saturated rings. The third-order valence-electron chi connectivity index (χ3n) is 4.19. The number of nitrogens with zero attached hydrogens (tertiary/aromatic N) is 4. The van der Waals surface area contributed by atoms with E-state index in [1.165, 1.54) is 17.1 Å². The molecule has 1 aliphatic rings. The van der Waals surface area contributed by atoms with E-state index in [-0.39, 0.29) is 26.2 Å². The molecule has 1 saturated heterocycles. The van der Waals surface area contributed by atoms with Crippen LogP contribution in [0.15, 0.2) is 24.3 Å². The van der Waals surface area contributed by atoms with Crippen molar-refractivity contribution in [2.75, 3.05) is 36.8 Å². The number of anilines is 1. The highest BCUT2D eigenvalue weighted by Crippen LogP contribution is 2.24. The first-order valence-electron chi connectivity index (χ1n) is 8.30. The summed E-state index contributed by atoms with van der Waals surface area (Å²) < 4.78 is 66.2. The van der Waals surface area contributed by atoms with Crippen molar-refractivity contribution in [3.63, 3.8) is 0 Å². The standard InChI is InChI=1S/C16H19F3N4O2S2/c1-12-2-4-13(5-3-12)10-14-20-15(26-21-14)22-6-8-23(9-7-22)27(24,25)11-16(17,18)19/h2-5H,6-11H2,1H3. The molecule has 1 aromatic carbocycles. The SMILES string of the molecule is Cc1ccc(Cc2nsc(N3CCN(S(=O)(=O)CC(F)(F)F)CC3)n2)cc1. The highest BCUT2D eigenvalue weighted by Gasteiger charge is 2.39. The van der Waals surface area contributed by atoms with Crippen LogP contribution in [0.2, 0.25) is 0 Å². The Kier molecular flexibility index (Phi) is 5.73. The van der Waals surface area contributed by atoms with Crippen LogP contribution in [0.1, 0.15) is 17.0 Å². The maximum atomic E-state index is 12.4. The van der Waals surface area contributed by atoms with Gasteiger partial charge in [0.15, 0.2) is 5.75 Å². The van der Waals surface area contributed by atoms with E-state index < -0.39 is 22.0 Å². The van der Waals surface area contributed by atoms with Crippen molar-refractivity contribution >= 4 is 26.7 Å². The third kappa shape index (κ3) is 5.39. The highest BCUT2D eigenvalue weighted by molar-refractivity contribution is 7.89. The van der Waals surface area contributed by atoms with Gasteiger partial charge in [-0.3, -0.25) is 0 Å². The van der Waals surface area contributed by atoms with Crippen molar-refractivity contribution in [2.45, 2.75) is 19.5 Å². The van der Waals surface area contributed by atoms with Crippen LogP contribution in [0.5, 0.6) is 0 Å². The fourth-order valence-electron chi connectivity index (χ4n) is 2.79. The summed E-state index contributed by atoms with van der Waals surface area (Å²) in [4.78, 5) is 6.34. The van der Waals surface area contributed by atoms with Gasteiger partial charge in [0.05, 0.1) is 0 Å². The first-order chi connectivity index (χ1) is 12.6. The van der Waals surface area contributed by atoms with E-state index >= 15 is 0 Å². The Balaban J connectivity index is 1.59. The van der Waals surface area contributed by atoms with Crippen LogP contribution < -0.4 is 4.90 Å². The number of hydrogen-bond acceptors (Lipinski definition) is 6. The van der Waals surface area contributed by atoms with E-state index in [2.05, 4.69) is 9.36 Å². The molecule has 0 radical (unpaired) electrons. The minimum absolute atomic E-state index is 0.00525. The van der Waals surface area contributed by atoms with Crippen LogP contribution >= 0.6 is 11.5 Å². The Bertz CT molecular complexity index is 874. The smallest absolute Gasteiger partial charge is 0.344 e. The summed E-state index contributed by atoms with van der Waals surface area (Å²) in [5.74, 6) is -1.15. The minimum atomic E-state index is -4.74. The van der Waals surface area contributed by atoms with Crippen LogP contribution in [-0.4, -0.2) is 60.2 Å². The molecule has 27 heavy (non-hydrogen) atoms. The number of aromatic nitrogens is 2. The van der Waals surface area contributed by atoms with Gasteiger partial charge < -0.3 is 4.90 Å². The number of piperazine rings is 1. The Morgan fingerprint density at radius 3 is 2.33 bits per heavy atom. The second-order valence-corrected chi connectivity index (χ2v) is 9.11. The lowest BCUT2D eigenvalue weighted by Crippen LogP contribution is -2.50. The van der Waals surface area contributed by atoms with Crippen molar-refractivity contribution < 1.29 is 21.6 Å². The Hall–Kier alpha value is -1.72. The molecule has 0 N–H and O–H groups in total. The lowest BCUT2D eigenvalue weighted by atomic mass is 10.1. The maximum Gasteiger partial charge on any atom is 0.404 e. The van der Waals surface area contributed by atoms with Crippen molar-refractivity contribution in [2.24, 2.45) is 0 Å². The van der Waals surface area contributed by atoms with Crippen LogP contribution in [0, 0.1) is 6.92 Å². The molecule has 1 aromatic heterocycles. The predicted octanol–water partition coefficient (Wildman–Crippen LogP) is 2.45. The molecule has 0 amide bonds. The Labute approximate surface area is 159 Å². The summed E-state index contributed by atoms with van der Waals surface area (Å²) in [6, 6.07) is 8.06. The van der Waals surface area contributed by atoms with Crippen molar-refractivity contribution in [3.8, 4) is 0 Å². The quantitative estimate of drug-likeness (QED) is 0.744. The molecular formula is C16H19F3N4O2S2. The number of rotatable bonds is 5. The van der Waals surface area contributed by atoms with E-state index in [9.17, 15) is 21.6 Å². The number of hydrogen-bond donors (Lipinski definition) is 0. The molecule has 6 nitrogen and oxygen atoms in total. The summed E-state index contributed by atoms with van der Waals surface area (Å²) in [6.45, 7) is 2.60. The first kappa shape index (κ1) is 20.0. The molecule has 0 unspecified atom stereocenters. The van der Waals surface area contributed by atoms with E-state index in [1.807, 2.05) is 36.1 Å². The fourth-order valence-corrected chi connectivity index (χ4v) is 4.84. The van der Waals surface area contributed by atoms with Crippen LogP contribution in [0.25, 0.3) is 0 Å². The zero-order valence-corrected chi connectivity index (χ0v) is 16.2. The summed E-state index contributed by atoms with van der Waals surface area (Å²) in [5, 5.41) is 0.657. The molecule has 3 rings (SSSR count). The van der Waals surface area contributed by atoms with E-state index in [4.69, 9.17) is 0 Å². The zero-order valence-electron chi connectivity index (χ0n) is 14.6. The van der Waals surface area contributed by atoms with Gasteiger partial charge in [0.1, 0.15) is 5.82 Å². The van der Waals surface area contributed by atoms with Crippen LogP contribution in [-0.2, 0) is 16.4 Å². The highest BCUT2D eigenvalue weighted by atomic mass is 32.2. The minimum Gasteiger partial charge on any atom is -0.344 e. The largest absolute Gasteiger partial charge is 0.404 e. The van der Waals surface area contributed by atoms with E-state index in [0.717, 1.165) is 9.87 Å². The number of sulfonamides is 1. The number of halogens is 3. The van der Waals surface area contributed by atoms with Crippen molar-refractivity contribution in [1.29, 1.82) is 0 Å². The van der Waals surface area contributed by atoms with Gasteiger partial charge in [0.2, 0.25) is 15.2 Å². The average molecular weight is 420 g/mol. The molecule has 11 heteroatoms. The van der Waals surface area contributed by atoms with Crippen LogP contribution in [0.3, 0.4) is 0 Å². The molecule has 2 aromatic rings. The van der Waals surface area contributed by atoms with Gasteiger partial charge in [-0.25, -0.2) is 13.4 Å². The zero-order chi connectivity index (χ0) is 19.7. The molecule has 1 aliphatic heterocycles. The van der Waals surface area contributed by atoms with E-state index in [1.54, 1.807) is 0 Å².